The van der Waals surface area contributed by atoms with Crippen LogP contribution in [-0.4, -0.2) is 38.3 Å². The molecule has 0 amide bonds. The molecule has 0 bridgehead atoms. The molecular weight excluding hydrogens is 406 g/mol. The van der Waals surface area contributed by atoms with Crippen LogP contribution in [0.25, 0.3) is 22.5 Å². The highest BCUT2D eigenvalue weighted by Crippen LogP contribution is 2.25. The van der Waals surface area contributed by atoms with E-state index in [9.17, 15) is 5.11 Å². The first-order valence-electron chi connectivity index (χ1n) is 10.3. The summed E-state index contributed by atoms with van der Waals surface area (Å²) >= 11 is 1.49. The van der Waals surface area contributed by atoms with Gasteiger partial charge in [0.2, 0.25) is 0 Å². The first-order chi connectivity index (χ1) is 15.2. The van der Waals surface area contributed by atoms with Gasteiger partial charge in [0.25, 0.3) is 0 Å². The number of benzene rings is 3. The fourth-order valence-corrected chi connectivity index (χ4v) is 4.17. The molecule has 1 heterocycles. The van der Waals surface area contributed by atoms with Crippen LogP contribution in [0.5, 0.6) is 5.75 Å². The summed E-state index contributed by atoms with van der Waals surface area (Å²) in [6.45, 7) is 3.06. The van der Waals surface area contributed by atoms with Crippen molar-refractivity contribution in [2.24, 2.45) is 0 Å². The van der Waals surface area contributed by atoms with Crippen LogP contribution >= 0.6 is 11.8 Å². The van der Waals surface area contributed by atoms with E-state index in [1.165, 1.54) is 17.3 Å². The second-order valence-electron chi connectivity index (χ2n) is 7.08. The predicted molar refractivity (Wildman–Crippen MR) is 125 cm³/mol. The van der Waals surface area contributed by atoms with Crippen molar-refractivity contribution in [3.63, 3.8) is 0 Å². The first kappa shape index (κ1) is 21.2. The van der Waals surface area contributed by atoms with E-state index in [0.717, 1.165) is 34.4 Å². The third kappa shape index (κ3) is 5.34. The van der Waals surface area contributed by atoms with Gasteiger partial charge < -0.3 is 14.4 Å². The van der Waals surface area contributed by atoms with Crippen LogP contribution < -0.4 is 4.74 Å². The molecule has 1 aromatic heterocycles. The Hall–Kier alpha value is -3.09. The average Bonchev–Trinajstić information content (AvgIpc) is 3.26. The summed E-state index contributed by atoms with van der Waals surface area (Å²) in [6.07, 6.45) is -0.610. The quantitative estimate of drug-likeness (QED) is 0.371. The lowest BCUT2D eigenvalue weighted by atomic mass is 10.1. The second kappa shape index (κ2) is 10.3. The van der Waals surface area contributed by atoms with E-state index in [-0.39, 0.29) is 6.61 Å². The Balaban J connectivity index is 1.31. The number of aliphatic hydroxyl groups is 1. The van der Waals surface area contributed by atoms with Gasteiger partial charge in [-0.2, -0.15) is 0 Å². The van der Waals surface area contributed by atoms with E-state index in [4.69, 9.17) is 4.74 Å². The maximum absolute atomic E-state index is 10.4. The minimum atomic E-state index is -0.610. The fourth-order valence-electron chi connectivity index (χ4n) is 3.27. The summed E-state index contributed by atoms with van der Waals surface area (Å²) < 4.78 is 7.84. The standard InChI is InChI=1S/C25H25N3O2S/c1-2-28-24(21-11-7-4-8-12-21)26-27-25(28)31-18-22(29)17-30-23-15-13-20(14-16-23)19-9-5-3-6-10-19/h3-16,22,29H,2,17-18H2,1H3. The van der Waals surface area contributed by atoms with E-state index in [1.807, 2.05) is 72.8 Å². The Labute approximate surface area is 186 Å². The zero-order valence-electron chi connectivity index (χ0n) is 17.4. The monoisotopic (exact) mass is 431 g/mol. The molecule has 0 aliphatic carbocycles. The number of hydrogen-bond donors (Lipinski definition) is 1. The highest BCUT2D eigenvalue weighted by atomic mass is 32.2. The Bertz CT molecular complexity index is 1080. The van der Waals surface area contributed by atoms with Gasteiger partial charge in [-0.25, -0.2) is 0 Å². The first-order valence-corrected chi connectivity index (χ1v) is 11.3. The summed E-state index contributed by atoms with van der Waals surface area (Å²) in [4.78, 5) is 0. The van der Waals surface area contributed by atoms with E-state index >= 15 is 0 Å². The highest BCUT2D eigenvalue weighted by molar-refractivity contribution is 7.99. The number of nitrogens with zero attached hydrogens (tertiary/aromatic N) is 3. The third-order valence-electron chi connectivity index (χ3n) is 4.87. The SMILES string of the molecule is CCn1c(SCC(O)COc2ccc(-c3ccccc3)cc2)nnc1-c1ccccc1. The van der Waals surface area contributed by atoms with Crippen molar-refractivity contribution < 1.29 is 9.84 Å². The van der Waals surface area contributed by atoms with E-state index < -0.39 is 6.10 Å². The maximum Gasteiger partial charge on any atom is 0.191 e. The zero-order chi connectivity index (χ0) is 21.5. The van der Waals surface area contributed by atoms with Gasteiger partial charge in [0.05, 0.1) is 6.10 Å². The Morgan fingerprint density at radius 1 is 0.839 bits per heavy atom. The largest absolute Gasteiger partial charge is 0.491 e. The number of aliphatic hydroxyl groups excluding tert-OH is 1. The Morgan fingerprint density at radius 2 is 1.45 bits per heavy atom. The lowest BCUT2D eigenvalue weighted by Crippen LogP contribution is -2.20. The molecule has 4 aromatic rings. The van der Waals surface area contributed by atoms with Crippen LogP contribution in [0.2, 0.25) is 0 Å². The zero-order valence-corrected chi connectivity index (χ0v) is 18.2. The molecule has 0 aliphatic rings. The van der Waals surface area contributed by atoms with Crippen molar-refractivity contribution in [2.75, 3.05) is 12.4 Å². The summed E-state index contributed by atoms with van der Waals surface area (Å²) in [6, 6.07) is 28.1. The molecule has 158 valence electrons. The molecular formula is C25H25N3O2S. The third-order valence-corrected chi connectivity index (χ3v) is 5.99. The minimum absolute atomic E-state index is 0.226. The van der Waals surface area contributed by atoms with Gasteiger partial charge in [-0.1, -0.05) is 84.6 Å². The Kier molecular flexibility index (Phi) is 7.02. The number of hydrogen-bond acceptors (Lipinski definition) is 5. The van der Waals surface area contributed by atoms with Gasteiger partial charge in [-0.15, -0.1) is 10.2 Å². The molecule has 31 heavy (non-hydrogen) atoms. The molecule has 0 saturated heterocycles. The van der Waals surface area contributed by atoms with Crippen molar-refractivity contribution in [2.45, 2.75) is 24.7 Å². The topological polar surface area (TPSA) is 60.2 Å². The van der Waals surface area contributed by atoms with Gasteiger partial charge in [0.15, 0.2) is 11.0 Å². The second-order valence-corrected chi connectivity index (χ2v) is 8.07. The number of rotatable bonds is 9. The average molecular weight is 432 g/mol. The molecule has 0 aliphatic heterocycles. The molecule has 0 fully saturated rings. The van der Waals surface area contributed by atoms with E-state index in [1.54, 1.807) is 0 Å². The number of ether oxygens (including phenoxy) is 1. The molecule has 5 nitrogen and oxygen atoms in total. The fraction of sp³-hybridized carbons (Fsp3) is 0.200. The van der Waals surface area contributed by atoms with Crippen molar-refractivity contribution in [3.05, 3.63) is 84.9 Å². The van der Waals surface area contributed by atoms with Gasteiger partial charge in [-0.3, -0.25) is 0 Å². The van der Waals surface area contributed by atoms with E-state index in [2.05, 4.69) is 33.8 Å². The number of thioether (sulfide) groups is 1. The van der Waals surface area contributed by atoms with Crippen LogP contribution in [0.3, 0.4) is 0 Å². The molecule has 1 N–H and O–H groups in total. The van der Waals surface area contributed by atoms with Crippen LogP contribution in [0.1, 0.15) is 6.92 Å². The van der Waals surface area contributed by atoms with Gasteiger partial charge in [-0.05, 0) is 30.2 Å². The van der Waals surface area contributed by atoms with Crippen LogP contribution in [-0.2, 0) is 6.54 Å². The summed E-state index contributed by atoms with van der Waals surface area (Å²) in [7, 11) is 0. The lowest BCUT2D eigenvalue weighted by Gasteiger charge is -2.13. The smallest absolute Gasteiger partial charge is 0.191 e. The Morgan fingerprint density at radius 3 is 2.10 bits per heavy atom. The molecule has 1 unspecified atom stereocenters. The molecule has 1 atom stereocenters. The summed E-state index contributed by atoms with van der Waals surface area (Å²) in [5, 5.41) is 19.8. The van der Waals surface area contributed by atoms with Crippen LogP contribution in [0.4, 0.5) is 0 Å². The lowest BCUT2D eigenvalue weighted by molar-refractivity contribution is 0.126. The van der Waals surface area contributed by atoms with Crippen molar-refractivity contribution in [1.82, 2.24) is 14.8 Å². The molecule has 0 saturated carbocycles. The summed E-state index contributed by atoms with van der Waals surface area (Å²) in [5.74, 6) is 2.07. The molecule has 4 rings (SSSR count). The molecule has 0 spiro atoms. The van der Waals surface area contributed by atoms with E-state index in [0.29, 0.717) is 5.75 Å². The van der Waals surface area contributed by atoms with Gasteiger partial charge >= 0.3 is 0 Å². The van der Waals surface area contributed by atoms with Gasteiger partial charge in [0, 0.05) is 17.9 Å². The van der Waals surface area contributed by atoms with Gasteiger partial charge in [0.1, 0.15) is 12.4 Å². The highest BCUT2D eigenvalue weighted by Gasteiger charge is 2.15. The van der Waals surface area contributed by atoms with Crippen LogP contribution in [0.15, 0.2) is 90.1 Å². The number of aromatic nitrogens is 3. The normalized spacial score (nSPS) is 11.9. The molecule has 0 radical (unpaired) electrons. The molecule has 3 aromatic carbocycles. The summed E-state index contributed by atoms with van der Waals surface area (Å²) in [5.41, 5.74) is 3.34. The van der Waals surface area contributed by atoms with Crippen LogP contribution in [0, 0.1) is 0 Å². The van der Waals surface area contributed by atoms with Crippen molar-refractivity contribution in [3.8, 4) is 28.3 Å². The predicted octanol–water partition coefficient (Wildman–Crippen LogP) is 5.16. The maximum atomic E-state index is 10.4. The molecule has 6 heteroatoms. The van der Waals surface area contributed by atoms with Crippen molar-refractivity contribution >= 4 is 11.8 Å². The minimum Gasteiger partial charge on any atom is -0.491 e. The van der Waals surface area contributed by atoms with Crippen molar-refractivity contribution in [1.29, 1.82) is 0 Å².